The van der Waals surface area contributed by atoms with E-state index in [9.17, 15) is 4.79 Å². The van der Waals surface area contributed by atoms with Crippen LogP contribution in [0.2, 0.25) is 0 Å². The molecule has 5 nitrogen and oxygen atoms in total. The zero-order valence-electron chi connectivity index (χ0n) is 13.1. The summed E-state index contributed by atoms with van der Waals surface area (Å²) >= 11 is 0. The van der Waals surface area contributed by atoms with E-state index in [0.29, 0.717) is 19.6 Å². The summed E-state index contributed by atoms with van der Waals surface area (Å²) in [5.74, 6) is -0.868. The van der Waals surface area contributed by atoms with Crippen LogP contribution in [0.4, 0.5) is 0 Å². The van der Waals surface area contributed by atoms with Gasteiger partial charge in [-0.3, -0.25) is 4.79 Å². The highest BCUT2D eigenvalue weighted by Crippen LogP contribution is 2.52. The van der Waals surface area contributed by atoms with Crippen molar-refractivity contribution >= 4 is 5.78 Å². The van der Waals surface area contributed by atoms with Crippen molar-refractivity contribution in [3.8, 4) is 0 Å². The van der Waals surface area contributed by atoms with Gasteiger partial charge in [-0.05, 0) is 25.7 Å². The first-order chi connectivity index (χ1) is 10.2. The quantitative estimate of drug-likeness (QED) is 0.795. The molecule has 0 amide bonds. The van der Waals surface area contributed by atoms with Gasteiger partial charge in [0.05, 0.1) is 13.2 Å². The van der Waals surface area contributed by atoms with Crippen LogP contribution in [0.15, 0.2) is 0 Å². The smallest absolute Gasteiger partial charge is 0.230 e. The third-order valence-corrected chi connectivity index (χ3v) is 5.31. The maximum atomic E-state index is 13.1. The van der Waals surface area contributed by atoms with E-state index < -0.39 is 5.79 Å². The molecule has 0 bridgehead atoms. The Morgan fingerprint density at radius 1 is 0.952 bits per heavy atom. The van der Waals surface area contributed by atoms with Gasteiger partial charge in [-0.1, -0.05) is 12.8 Å². The van der Waals surface area contributed by atoms with Gasteiger partial charge in [0.1, 0.15) is 12.2 Å². The lowest BCUT2D eigenvalue weighted by atomic mass is 9.69. The number of carbonyl (C=O) groups excluding carboxylic acids is 1. The van der Waals surface area contributed by atoms with Crippen molar-refractivity contribution in [3.63, 3.8) is 0 Å². The molecule has 0 N–H and O–H groups in total. The molecule has 2 aliphatic carbocycles. The second kappa shape index (κ2) is 5.95. The predicted molar refractivity (Wildman–Crippen MR) is 76.0 cm³/mol. The number of Topliss-reactive ketones (excluding diaryl/α,β-unsaturated/α-hetero) is 1. The van der Waals surface area contributed by atoms with Crippen LogP contribution in [0.3, 0.4) is 0 Å². The van der Waals surface area contributed by atoms with Gasteiger partial charge in [0.25, 0.3) is 0 Å². The molecule has 2 spiro atoms. The Morgan fingerprint density at radius 2 is 1.48 bits per heavy atom. The van der Waals surface area contributed by atoms with Crippen LogP contribution in [-0.2, 0) is 23.7 Å². The zero-order chi connectivity index (χ0) is 14.9. The lowest BCUT2D eigenvalue weighted by Gasteiger charge is -2.41. The second-order valence-electron chi connectivity index (χ2n) is 6.65. The second-order valence-corrected chi connectivity index (χ2v) is 6.65. The van der Waals surface area contributed by atoms with Crippen molar-refractivity contribution in [2.24, 2.45) is 5.41 Å². The molecule has 0 aromatic heterocycles. The molecule has 120 valence electrons. The Hall–Kier alpha value is -0.490. The van der Waals surface area contributed by atoms with Crippen LogP contribution in [0, 0.1) is 5.41 Å². The lowest BCUT2D eigenvalue weighted by molar-refractivity contribution is -0.212. The third kappa shape index (κ3) is 2.54. The van der Waals surface area contributed by atoms with E-state index >= 15 is 0 Å². The minimum absolute atomic E-state index is 0.179. The molecule has 1 heterocycles. The van der Waals surface area contributed by atoms with Crippen molar-refractivity contribution in [3.05, 3.63) is 0 Å². The van der Waals surface area contributed by atoms with Gasteiger partial charge in [-0.2, -0.15) is 0 Å². The van der Waals surface area contributed by atoms with Crippen molar-refractivity contribution in [1.29, 1.82) is 0 Å². The Labute approximate surface area is 126 Å². The standard InChI is InChI=1S/C16H26O5/c1-18-10-12-13(11-19-2)21-16(20-12)9-5-8-15(14(16)17)6-3-4-7-15/h12-13H,3-11H2,1-2H3/t12-,13-/m0/s1. The molecule has 3 aliphatic rings. The lowest BCUT2D eigenvalue weighted by Crippen LogP contribution is -2.52. The highest BCUT2D eigenvalue weighted by Gasteiger charge is 2.61. The molecule has 21 heavy (non-hydrogen) atoms. The van der Waals surface area contributed by atoms with Gasteiger partial charge in [-0.25, -0.2) is 0 Å². The molecule has 3 rings (SSSR count). The van der Waals surface area contributed by atoms with E-state index in [2.05, 4.69) is 0 Å². The molecule has 0 unspecified atom stereocenters. The highest BCUT2D eigenvalue weighted by atomic mass is 16.8. The summed E-state index contributed by atoms with van der Waals surface area (Å²) in [4.78, 5) is 13.1. The number of ketones is 1. The minimum atomic E-state index is -1.05. The number of ether oxygens (including phenoxy) is 4. The summed E-state index contributed by atoms with van der Waals surface area (Å²) in [6, 6.07) is 0. The average molecular weight is 298 g/mol. The maximum Gasteiger partial charge on any atom is 0.230 e. The number of rotatable bonds is 4. The summed E-state index contributed by atoms with van der Waals surface area (Å²) in [5, 5.41) is 0. The molecular weight excluding hydrogens is 272 g/mol. The number of hydrogen-bond donors (Lipinski definition) is 0. The van der Waals surface area contributed by atoms with Crippen LogP contribution in [-0.4, -0.2) is 51.2 Å². The zero-order valence-corrected chi connectivity index (χ0v) is 13.1. The predicted octanol–water partition coefficient (Wildman–Crippen LogP) is 2.07. The first-order valence-corrected chi connectivity index (χ1v) is 8.04. The van der Waals surface area contributed by atoms with Crippen LogP contribution in [0.1, 0.15) is 44.9 Å². The van der Waals surface area contributed by atoms with Gasteiger partial charge in [0.15, 0.2) is 5.78 Å². The fourth-order valence-corrected chi connectivity index (χ4v) is 4.32. The molecular formula is C16H26O5. The summed E-state index contributed by atoms with van der Waals surface area (Å²) in [5.41, 5.74) is -0.197. The SMILES string of the molecule is COC[C@@H]1OC2(CCCC3(CCCC3)C2=O)O[C@H]1COC. The molecule has 0 aromatic carbocycles. The molecule has 2 saturated carbocycles. The average Bonchev–Trinajstić information content (AvgIpc) is 3.05. The van der Waals surface area contributed by atoms with Crippen molar-refractivity contribution in [1.82, 2.24) is 0 Å². The van der Waals surface area contributed by atoms with Gasteiger partial charge in [0.2, 0.25) is 5.79 Å². The molecule has 3 fully saturated rings. The first-order valence-electron chi connectivity index (χ1n) is 8.04. The van der Waals surface area contributed by atoms with E-state index in [-0.39, 0.29) is 23.4 Å². The largest absolute Gasteiger partial charge is 0.382 e. The Morgan fingerprint density at radius 3 is 2.00 bits per heavy atom. The van der Waals surface area contributed by atoms with E-state index in [1.807, 2.05) is 0 Å². The van der Waals surface area contributed by atoms with E-state index in [1.165, 1.54) is 0 Å². The van der Waals surface area contributed by atoms with Crippen LogP contribution in [0.25, 0.3) is 0 Å². The fraction of sp³-hybridized carbons (Fsp3) is 0.938. The Kier molecular flexibility index (Phi) is 4.37. The van der Waals surface area contributed by atoms with Crippen LogP contribution < -0.4 is 0 Å². The first kappa shape index (κ1) is 15.4. The normalized spacial score (nSPS) is 34.1. The van der Waals surface area contributed by atoms with Gasteiger partial charge >= 0.3 is 0 Å². The highest BCUT2D eigenvalue weighted by molar-refractivity contribution is 5.92. The topological polar surface area (TPSA) is 54.0 Å². The Bertz CT molecular complexity index is 374. The number of carbonyl (C=O) groups is 1. The Balaban J connectivity index is 1.81. The van der Waals surface area contributed by atoms with Crippen molar-refractivity contribution in [2.75, 3.05) is 27.4 Å². The van der Waals surface area contributed by atoms with Crippen molar-refractivity contribution < 1.29 is 23.7 Å². The van der Waals surface area contributed by atoms with Crippen LogP contribution in [0.5, 0.6) is 0 Å². The summed E-state index contributed by atoms with van der Waals surface area (Å²) in [6.45, 7) is 0.853. The monoisotopic (exact) mass is 298 g/mol. The molecule has 1 aliphatic heterocycles. The molecule has 2 atom stereocenters. The molecule has 0 aromatic rings. The van der Waals surface area contributed by atoms with Gasteiger partial charge in [0, 0.05) is 26.1 Å². The van der Waals surface area contributed by atoms with Gasteiger partial charge < -0.3 is 18.9 Å². The van der Waals surface area contributed by atoms with E-state index in [0.717, 1.165) is 38.5 Å². The maximum absolute atomic E-state index is 13.1. The summed E-state index contributed by atoms with van der Waals surface area (Å²) in [6.07, 6.45) is 6.46. The van der Waals surface area contributed by atoms with Crippen molar-refractivity contribution in [2.45, 2.75) is 62.9 Å². The van der Waals surface area contributed by atoms with E-state index in [4.69, 9.17) is 18.9 Å². The van der Waals surface area contributed by atoms with Gasteiger partial charge in [-0.15, -0.1) is 0 Å². The summed E-state index contributed by atoms with van der Waals surface area (Å²) < 4.78 is 22.7. The molecule has 1 saturated heterocycles. The molecule has 5 heteroatoms. The summed E-state index contributed by atoms with van der Waals surface area (Å²) in [7, 11) is 3.28. The van der Waals surface area contributed by atoms with Crippen LogP contribution >= 0.6 is 0 Å². The molecule has 0 radical (unpaired) electrons. The van der Waals surface area contributed by atoms with E-state index in [1.54, 1.807) is 14.2 Å². The minimum Gasteiger partial charge on any atom is -0.382 e. The number of methoxy groups -OCH3 is 2. The third-order valence-electron chi connectivity index (χ3n) is 5.31. The number of hydrogen-bond acceptors (Lipinski definition) is 5. The fourth-order valence-electron chi connectivity index (χ4n) is 4.32.